The van der Waals surface area contributed by atoms with Crippen molar-refractivity contribution in [2.45, 2.75) is 5.16 Å². The smallest absolute Gasteiger partial charge is 0.317 e. The second-order valence-electron chi connectivity index (χ2n) is 5.09. The van der Waals surface area contributed by atoms with E-state index in [9.17, 15) is 4.79 Å². The van der Waals surface area contributed by atoms with E-state index >= 15 is 0 Å². The number of thioether (sulfide) groups is 1. The fourth-order valence-electron chi connectivity index (χ4n) is 2.24. The van der Waals surface area contributed by atoms with Gasteiger partial charge in [0.25, 0.3) is 0 Å². The van der Waals surface area contributed by atoms with Crippen LogP contribution in [-0.4, -0.2) is 33.1 Å². The highest BCUT2D eigenvalue weighted by molar-refractivity contribution is 7.99. The maximum absolute atomic E-state index is 11.7. The van der Waals surface area contributed by atoms with E-state index in [2.05, 4.69) is 10.2 Å². The Bertz CT molecular complexity index is 936. The van der Waals surface area contributed by atoms with Crippen molar-refractivity contribution in [3.05, 3.63) is 59.6 Å². The van der Waals surface area contributed by atoms with Gasteiger partial charge < -0.3 is 4.74 Å². The van der Waals surface area contributed by atoms with Crippen LogP contribution >= 0.6 is 23.4 Å². The second-order valence-corrected chi connectivity index (χ2v) is 6.47. The molecule has 2 aromatic carbocycles. The normalized spacial score (nSPS) is 10.3. The minimum atomic E-state index is -0.483. The Kier molecular flexibility index (Phi) is 5.89. The number of ether oxygens (including phenoxy) is 1. The van der Waals surface area contributed by atoms with Gasteiger partial charge in [-0.05, 0) is 24.3 Å². The number of nitrogens with zero attached hydrogens (tertiary/aromatic N) is 4. The van der Waals surface area contributed by atoms with Gasteiger partial charge in [0.15, 0.2) is 17.6 Å². The lowest BCUT2D eigenvalue weighted by molar-refractivity contribution is -0.139. The zero-order valence-electron chi connectivity index (χ0n) is 13.5. The summed E-state index contributed by atoms with van der Waals surface area (Å²) in [4.78, 5) is 11.7. The molecule has 0 bridgehead atoms. The Morgan fingerprint density at radius 1 is 1.15 bits per heavy atom. The van der Waals surface area contributed by atoms with Crippen molar-refractivity contribution in [2.75, 3.05) is 12.4 Å². The largest absolute Gasteiger partial charge is 0.450 e. The lowest BCUT2D eigenvalue weighted by atomic mass is 10.2. The van der Waals surface area contributed by atoms with Gasteiger partial charge in [0.1, 0.15) is 6.07 Å². The van der Waals surface area contributed by atoms with Crippen molar-refractivity contribution in [1.82, 2.24) is 14.8 Å². The molecular weight excluding hydrogens is 372 g/mol. The van der Waals surface area contributed by atoms with Crippen LogP contribution in [0.15, 0.2) is 59.8 Å². The van der Waals surface area contributed by atoms with Crippen molar-refractivity contribution in [3.63, 3.8) is 0 Å². The molecule has 0 aliphatic heterocycles. The Labute approximate surface area is 159 Å². The van der Waals surface area contributed by atoms with Crippen LogP contribution in [0.1, 0.15) is 0 Å². The van der Waals surface area contributed by atoms with E-state index in [4.69, 9.17) is 21.6 Å². The Hall–Kier alpha value is -2.82. The van der Waals surface area contributed by atoms with Gasteiger partial charge in [-0.25, -0.2) is 0 Å². The zero-order valence-corrected chi connectivity index (χ0v) is 15.1. The van der Waals surface area contributed by atoms with Crippen LogP contribution in [0.25, 0.3) is 17.1 Å². The number of hydrogen-bond acceptors (Lipinski definition) is 6. The molecule has 26 heavy (non-hydrogen) atoms. The van der Waals surface area contributed by atoms with Gasteiger partial charge >= 0.3 is 5.97 Å². The average Bonchev–Trinajstić information content (AvgIpc) is 3.10. The van der Waals surface area contributed by atoms with Gasteiger partial charge in [0, 0.05) is 16.3 Å². The zero-order chi connectivity index (χ0) is 18.4. The topological polar surface area (TPSA) is 80.8 Å². The average molecular weight is 385 g/mol. The predicted octanol–water partition coefficient (Wildman–Crippen LogP) is 3.75. The third-order valence-corrected chi connectivity index (χ3v) is 4.52. The molecule has 0 aliphatic rings. The van der Waals surface area contributed by atoms with Crippen LogP contribution in [0.4, 0.5) is 0 Å². The van der Waals surface area contributed by atoms with Crippen molar-refractivity contribution in [2.24, 2.45) is 0 Å². The molecule has 130 valence electrons. The molecule has 0 amide bonds. The van der Waals surface area contributed by atoms with Gasteiger partial charge in [-0.1, -0.05) is 53.7 Å². The van der Waals surface area contributed by atoms with Gasteiger partial charge in [0.05, 0.1) is 5.75 Å². The van der Waals surface area contributed by atoms with Crippen LogP contribution in [0.5, 0.6) is 0 Å². The summed E-state index contributed by atoms with van der Waals surface area (Å²) in [5.41, 5.74) is 1.72. The fraction of sp³-hybridized carbons (Fsp3) is 0.111. The first-order valence-corrected chi connectivity index (χ1v) is 8.97. The molecule has 1 aromatic heterocycles. The molecule has 6 nitrogen and oxygen atoms in total. The monoisotopic (exact) mass is 384 g/mol. The summed E-state index contributed by atoms with van der Waals surface area (Å²) in [6.07, 6.45) is 0. The summed E-state index contributed by atoms with van der Waals surface area (Å²) in [5, 5.41) is 18.1. The minimum Gasteiger partial charge on any atom is -0.450 e. The number of halogens is 1. The van der Waals surface area contributed by atoms with Gasteiger partial charge in [0.2, 0.25) is 0 Å². The molecule has 0 saturated heterocycles. The van der Waals surface area contributed by atoms with Crippen molar-refractivity contribution in [1.29, 1.82) is 5.26 Å². The van der Waals surface area contributed by atoms with E-state index in [-0.39, 0.29) is 12.4 Å². The molecular formula is C18H13ClN4O2S. The van der Waals surface area contributed by atoms with Gasteiger partial charge in [-0.3, -0.25) is 9.36 Å². The Morgan fingerprint density at radius 3 is 2.58 bits per heavy atom. The lowest BCUT2D eigenvalue weighted by Gasteiger charge is -2.10. The van der Waals surface area contributed by atoms with Crippen LogP contribution in [0.2, 0.25) is 5.02 Å². The molecule has 0 radical (unpaired) electrons. The van der Waals surface area contributed by atoms with E-state index in [1.54, 1.807) is 18.2 Å². The highest BCUT2D eigenvalue weighted by Crippen LogP contribution is 2.28. The number of nitriles is 1. The number of aromatic nitrogens is 3. The molecule has 3 rings (SSSR count). The molecule has 0 aliphatic carbocycles. The molecule has 0 unspecified atom stereocenters. The minimum absolute atomic E-state index is 0.0300. The summed E-state index contributed by atoms with van der Waals surface area (Å²) in [6, 6.07) is 18.7. The summed E-state index contributed by atoms with van der Waals surface area (Å²) >= 11 is 7.18. The lowest BCUT2D eigenvalue weighted by Crippen LogP contribution is -2.08. The van der Waals surface area contributed by atoms with E-state index in [1.807, 2.05) is 47.0 Å². The number of benzene rings is 2. The Balaban J connectivity index is 1.94. The van der Waals surface area contributed by atoms with E-state index in [0.717, 1.165) is 11.3 Å². The molecule has 0 spiro atoms. The summed E-state index contributed by atoms with van der Waals surface area (Å²) < 4.78 is 6.62. The van der Waals surface area contributed by atoms with Crippen molar-refractivity contribution in [3.8, 4) is 23.1 Å². The summed E-state index contributed by atoms with van der Waals surface area (Å²) in [7, 11) is 0. The molecule has 0 atom stereocenters. The third kappa shape index (κ3) is 4.23. The fourth-order valence-corrected chi connectivity index (χ4v) is 3.11. The summed E-state index contributed by atoms with van der Waals surface area (Å²) in [5.74, 6) is 0.201. The van der Waals surface area contributed by atoms with Crippen LogP contribution in [-0.2, 0) is 9.53 Å². The van der Waals surface area contributed by atoms with Crippen molar-refractivity contribution >= 4 is 29.3 Å². The first-order chi connectivity index (χ1) is 12.7. The van der Waals surface area contributed by atoms with E-state index in [1.165, 1.54) is 11.8 Å². The molecule has 0 N–H and O–H groups in total. The second kappa shape index (κ2) is 8.52. The van der Waals surface area contributed by atoms with E-state index < -0.39 is 5.97 Å². The standard InChI is InChI=1S/C18H13ClN4O2S/c19-14-6-8-15(9-7-14)23-17(13-4-2-1-3-5-13)21-22-18(23)26-12-16(24)25-11-10-20/h1-9H,11-12H2. The van der Waals surface area contributed by atoms with E-state index in [0.29, 0.717) is 16.0 Å². The highest BCUT2D eigenvalue weighted by Gasteiger charge is 2.17. The quantitative estimate of drug-likeness (QED) is 0.475. The maximum atomic E-state index is 11.7. The number of hydrogen-bond donors (Lipinski definition) is 0. The maximum Gasteiger partial charge on any atom is 0.317 e. The van der Waals surface area contributed by atoms with Crippen LogP contribution in [0, 0.1) is 11.3 Å². The first-order valence-electron chi connectivity index (χ1n) is 7.61. The summed E-state index contributed by atoms with van der Waals surface area (Å²) in [6.45, 7) is -0.265. The first kappa shape index (κ1) is 18.0. The molecule has 3 aromatic rings. The highest BCUT2D eigenvalue weighted by atomic mass is 35.5. The Morgan fingerprint density at radius 2 is 1.88 bits per heavy atom. The van der Waals surface area contributed by atoms with Gasteiger partial charge in [-0.2, -0.15) is 5.26 Å². The SMILES string of the molecule is N#CCOC(=O)CSc1nnc(-c2ccccc2)n1-c1ccc(Cl)cc1. The predicted molar refractivity (Wildman–Crippen MR) is 99.1 cm³/mol. The number of esters is 1. The molecule has 8 heteroatoms. The third-order valence-electron chi connectivity index (χ3n) is 3.37. The van der Waals surface area contributed by atoms with Crippen LogP contribution in [0.3, 0.4) is 0 Å². The van der Waals surface area contributed by atoms with Crippen molar-refractivity contribution < 1.29 is 9.53 Å². The molecule has 1 heterocycles. The van der Waals surface area contributed by atoms with Crippen LogP contribution < -0.4 is 0 Å². The number of carbonyl (C=O) groups excluding carboxylic acids is 1. The van der Waals surface area contributed by atoms with Gasteiger partial charge in [-0.15, -0.1) is 10.2 Å². The number of rotatable bonds is 6. The molecule has 0 fully saturated rings. The molecule has 0 saturated carbocycles. The number of carbonyl (C=O) groups is 1.